The van der Waals surface area contributed by atoms with Crippen molar-refractivity contribution in [2.75, 3.05) is 13.1 Å². The molecule has 0 unspecified atom stereocenters. The first-order valence-electron chi connectivity index (χ1n) is 10.7. The van der Waals surface area contributed by atoms with Crippen LogP contribution in [0.3, 0.4) is 0 Å². The predicted octanol–water partition coefficient (Wildman–Crippen LogP) is 4.40. The van der Waals surface area contributed by atoms with E-state index in [1.165, 1.54) is 0 Å². The molecular formula is C21H36N2O2. The Morgan fingerprint density at radius 2 is 0.960 bits per heavy atom. The molecule has 25 heavy (non-hydrogen) atoms. The fourth-order valence-electron chi connectivity index (χ4n) is 4.84. The standard InChI is InChI=1S/C21H36N2O2/c1-16-6-10-18(11-7-16)20(24)22-14-4-3-5-15-23(22)21(25)19-12-8-17(2)9-13-19/h16-19H,3-15H2,1-2H3. The molecule has 1 heterocycles. The summed E-state index contributed by atoms with van der Waals surface area (Å²) < 4.78 is 0. The molecule has 0 bridgehead atoms. The van der Waals surface area contributed by atoms with Crippen LogP contribution in [0.25, 0.3) is 0 Å². The molecule has 0 atom stereocenters. The zero-order chi connectivity index (χ0) is 17.8. The van der Waals surface area contributed by atoms with E-state index in [4.69, 9.17) is 0 Å². The predicted molar refractivity (Wildman–Crippen MR) is 99.5 cm³/mol. The van der Waals surface area contributed by atoms with Crippen molar-refractivity contribution in [1.82, 2.24) is 10.0 Å². The molecule has 0 spiro atoms. The van der Waals surface area contributed by atoms with E-state index in [-0.39, 0.29) is 23.7 Å². The van der Waals surface area contributed by atoms with Crippen molar-refractivity contribution >= 4 is 11.8 Å². The SMILES string of the molecule is CC1CCC(C(=O)N2CCCCCN2C(=O)C2CCC(C)CC2)CC1. The third kappa shape index (κ3) is 4.57. The van der Waals surface area contributed by atoms with Crippen LogP contribution in [0.15, 0.2) is 0 Å². The molecule has 0 N–H and O–H groups in total. The Kier molecular flexibility index (Phi) is 6.40. The van der Waals surface area contributed by atoms with Crippen molar-refractivity contribution in [3.63, 3.8) is 0 Å². The average molecular weight is 349 g/mol. The number of hydrogen-bond donors (Lipinski definition) is 0. The van der Waals surface area contributed by atoms with Gasteiger partial charge in [0.1, 0.15) is 0 Å². The van der Waals surface area contributed by atoms with Gasteiger partial charge in [0.15, 0.2) is 0 Å². The van der Waals surface area contributed by atoms with Crippen LogP contribution in [-0.4, -0.2) is 34.9 Å². The smallest absolute Gasteiger partial charge is 0.244 e. The van der Waals surface area contributed by atoms with Gasteiger partial charge in [-0.25, -0.2) is 0 Å². The van der Waals surface area contributed by atoms with E-state index in [2.05, 4.69) is 13.8 Å². The highest BCUT2D eigenvalue weighted by molar-refractivity contribution is 5.85. The molecule has 1 aliphatic heterocycles. The Morgan fingerprint density at radius 3 is 1.32 bits per heavy atom. The van der Waals surface area contributed by atoms with Gasteiger partial charge in [0.2, 0.25) is 11.8 Å². The van der Waals surface area contributed by atoms with Crippen molar-refractivity contribution in [1.29, 1.82) is 0 Å². The maximum Gasteiger partial charge on any atom is 0.244 e. The minimum atomic E-state index is 0.135. The van der Waals surface area contributed by atoms with E-state index >= 15 is 0 Å². The molecule has 3 fully saturated rings. The molecule has 142 valence electrons. The van der Waals surface area contributed by atoms with Crippen LogP contribution in [0.4, 0.5) is 0 Å². The van der Waals surface area contributed by atoms with Gasteiger partial charge in [-0.05, 0) is 82.5 Å². The van der Waals surface area contributed by atoms with Crippen molar-refractivity contribution in [3.8, 4) is 0 Å². The summed E-state index contributed by atoms with van der Waals surface area (Å²) in [6, 6.07) is 0. The first-order valence-corrected chi connectivity index (χ1v) is 10.7. The first-order chi connectivity index (χ1) is 12.1. The number of carbonyl (C=O) groups is 2. The van der Waals surface area contributed by atoms with Crippen molar-refractivity contribution < 1.29 is 9.59 Å². The highest BCUT2D eigenvalue weighted by Crippen LogP contribution is 2.33. The van der Waals surface area contributed by atoms with Crippen LogP contribution in [0.2, 0.25) is 0 Å². The largest absolute Gasteiger partial charge is 0.273 e. The third-order valence-corrected chi connectivity index (χ3v) is 6.77. The molecule has 3 aliphatic rings. The molecule has 0 aromatic rings. The van der Waals surface area contributed by atoms with Crippen LogP contribution in [0.1, 0.15) is 84.5 Å². The quantitative estimate of drug-likeness (QED) is 0.742. The molecule has 0 aromatic heterocycles. The fraction of sp³-hybridized carbons (Fsp3) is 0.905. The summed E-state index contributed by atoms with van der Waals surface area (Å²) in [5, 5.41) is 3.74. The molecule has 0 radical (unpaired) electrons. The summed E-state index contributed by atoms with van der Waals surface area (Å²) in [4.78, 5) is 26.4. The van der Waals surface area contributed by atoms with Gasteiger partial charge in [-0.3, -0.25) is 19.6 Å². The Hall–Kier alpha value is -1.06. The Morgan fingerprint density at radius 1 is 0.600 bits per heavy atom. The van der Waals surface area contributed by atoms with Gasteiger partial charge in [-0.1, -0.05) is 13.8 Å². The summed E-state index contributed by atoms with van der Waals surface area (Å²) in [5.74, 6) is 2.22. The molecule has 2 aliphatic carbocycles. The number of rotatable bonds is 2. The zero-order valence-corrected chi connectivity index (χ0v) is 16.2. The molecular weight excluding hydrogens is 312 g/mol. The van der Waals surface area contributed by atoms with Crippen molar-refractivity contribution in [3.05, 3.63) is 0 Å². The van der Waals surface area contributed by atoms with Gasteiger partial charge in [0.05, 0.1) is 0 Å². The van der Waals surface area contributed by atoms with E-state index in [0.717, 1.165) is 95.6 Å². The maximum atomic E-state index is 13.2. The monoisotopic (exact) mass is 348 g/mol. The summed E-state index contributed by atoms with van der Waals surface area (Å²) in [6.07, 6.45) is 11.8. The highest BCUT2D eigenvalue weighted by Gasteiger charge is 2.36. The number of carbonyl (C=O) groups excluding carboxylic acids is 2. The van der Waals surface area contributed by atoms with Gasteiger partial charge in [0.25, 0.3) is 0 Å². The van der Waals surface area contributed by atoms with E-state index in [9.17, 15) is 9.59 Å². The Bertz CT molecular complexity index is 421. The number of hydrazine groups is 1. The van der Waals surface area contributed by atoms with Crippen LogP contribution in [-0.2, 0) is 9.59 Å². The van der Waals surface area contributed by atoms with Crippen molar-refractivity contribution in [2.24, 2.45) is 23.7 Å². The molecule has 2 amide bonds. The molecule has 1 saturated heterocycles. The lowest BCUT2D eigenvalue weighted by atomic mass is 9.82. The second kappa shape index (κ2) is 8.55. The van der Waals surface area contributed by atoms with E-state index in [1.54, 1.807) is 0 Å². The lowest BCUT2D eigenvalue weighted by Crippen LogP contribution is -2.53. The lowest BCUT2D eigenvalue weighted by molar-refractivity contribution is -0.170. The summed E-state index contributed by atoms with van der Waals surface area (Å²) in [6.45, 7) is 6.04. The fourth-order valence-corrected chi connectivity index (χ4v) is 4.84. The van der Waals surface area contributed by atoms with Gasteiger partial charge < -0.3 is 0 Å². The second-order valence-electron chi connectivity index (χ2n) is 8.90. The average Bonchev–Trinajstić information content (AvgIpc) is 2.88. The summed E-state index contributed by atoms with van der Waals surface area (Å²) in [5.41, 5.74) is 0. The second-order valence-corrected chi connectivity index (χ2v) is 8.90. The van der Waals surface area contributed by atoms with Crippen LogP contribution in [0, 0.1) is 23.7 Å². The summed E-state index contributed by atoms with van der Waals surface area (Å²) >= 11 is 0. The van der Waals surface area contributed by atoms with Crippen molar-refractivity contribution in [2.45, 2.75) is 84.5 Å². The summed E-state index contributed by atoms with van der Waals surface area (Å²) in [7, 11) is 0. The molecule has 0 aromatic carbocycles. The normalized spacial score (nSPS) is 34.5. The van der Waals surface area contributed by atoms with E-state index in [1.807, 2.05) is 10.0 Å². The maximum absolute atomic E-state index is 13.2. The van der Waals surface area contributed by atoms with Gasteiger partial charge >= 0.3 is 0 Å². The number of amides is 2. The molecule has 2 saturated carbocycles. The Balaban J connectivity index is 1.68. The molecule has 4 nitrogen and oxygen atoms in total. The highest BCUT2D eigenvalue weighted by atomic mass is 16.2. The minimum absolute atomic E-state index is 0.135. The Labute approximate surface area is 153 Å². The van der Waals surface area contributed by atoms with Gasteiger partial charge in [-0.2, -0.15) is 0 Å². The zero-order valence-electron chi connectivity index (χ0n) is 16.2. The number of hydrogen-bond acceptors (Lipinski definition) is 2. The van der Waals surface area contributed by atoms with Gasteiger partial charge in [-0.15, -0.1) is 0 Å². The topological polar surface area (TPSA) is 40.6 Å². The first kappa shape index (κ1) is 18.7. The molecule has 3 rings (SSSR count). The van der Waals surface area contributed by atoms with E-state index in [0.29, 0.717) is 0 Å². The van der Waals surface area contributed by atoms with Gasteiger partial charge in [0, 0.05) is 24.9 Å². The lowest BCUT2D eigenvalue weighted by Gasteiger charge is -2.39. The third-order valence-electron chi connectivity index (χ3n) is 6.77. The van der Waals surface area contributed by atoms with Crippen LogP contribution >= 0.6 is 0 Å². The van der Waals surface area contributed by atoms with Crippen LogP contribution in [0.5, 0.6) is 0 Å². The minimum Gasteiger partial charge on any atom is -0.273 e. The molecule has 4 heteroatoms. The number of nitrogens with zero attached hydrogens (tertiary/aromatic N) is 2. The van der Waals surface area contributed by atoms with Crippen LogP contribution < -0.4 is 0 Å². The van der Waals surface area contributed by atoms with E-state index < -0.39 is 0 Å².